The van der Waals surface area contributed by atoms with Gasteiger partial charge in [-0.05, 0) is 34.1 Å². The van der Waals surface area contributed by atoms with Crippen molar-refractivity contribution in [2.24, 2.45) is 0 Å². The van der Waals surface area contributed by atoms with Crippen LogP contribution in [0.4, 0.5) is 4.39 Å². The summed E-state index contributed by atoms with van der Waals surface area (Å²) < 4.78 is 13.5. The fourth-order valence-electron chi connectivity index (χ4n) is 1.18. The van der Waals surface area contributed by atoms with Gasteiger partial charge in [-0.2, -0.15) is 0 Å². The Morgan fingerprint density at radius 3 is 2.71 bits per heavy atom. The first-order chi connectivity index (χ1) is 6.59. The number of benzene rings is 1. The van der Waals surface area contributed by atoms with Gasteiger partial charge in [0, 0.05) is 5.39 Å². The van der Waals surface area contributed by atoms with Crippen LogP contribution in [-0.2, 0) is 0 Å². The predicted molar refractivity (Wildman–Crippen MR) is 59.4 cm³/mol. The molecule has 0 N–H and O–H groups in total. The van der Waals surface area contributed by atoms with E-state index >= 15 is 0 Å². The smallest absolute Gasteiger partial charge is 0.138 e. The molecule has 0 aliphatic heterocycles. The first-order valence-electron chi connectivity index (χ1n) is 3.69. The van der Waals surface area contributed by atoms with Crippen molar-refractivity contribution >= 4 is 50.0 Å². The van der Waals surface area contributed by atoms with Crippen molar-refractivity contribution in [2.45, 2.75) is 0 Å². The van der Waals surface area contributed by atoms with Gasteiger partial charge in [-0.1, -0.05) is 23.2 Å². The van der Waals surface area contributed by atoms with E-state index in [0.29, 0.717) is 25.6 Å². The number of pyridine rings is 1. The Balaban J connectivity index is 2.95. The van der Waals surface area contributed by atoms with Crippen LogP contribution in [0.1, 0.15) is 0 Å². The zero-order valence-electron chi connectivity index (χ0n) is 6.69. The lowest BCUT2D eigenvalue weighted by Gasteiger charge is -2.03. The van der Waals surface area contributed by atoms with Crippen LogP contribution in [-0.4, -0.2) is 4.98 Å². The second-order valence-electron chi connectivity index (χ2n) is 2.68. The van der Waals surface area contributed by atoms with Gasteiger partial charge in [0.15, 0.2) is 0 Å². The molecule has 0 aliphatic carbocycles. The summed E-state index contributed by atoms with van der Waals surface area (Å²) >= 11 is 14.7. The maximum absolute atomic E-state index is 13.2. The number of rotatable bonds is 0. The fourth-order valence-corrected chi connectivity index (χ4v) is 2.40. The average Bonchev–Trinajstić information content (AvgIpc) is 2.10. The third-order valence-electron chi connectivity index (χ3n) is 1.78. The largest absolute Gasteiger partial charge is 0.236 e. The zero-order valence-corrected chi connectivity index (χ0v) is 9.79. The first-order valence-corrected chi connectivity index (χ1v) is 5.24. The van der Waals surface area contributed by atoms with E-state index in [0.717, 1.165) is 0 Å². The molecule has 1 nitrogen and oxygen atoms in total. The highest BCUT2D eigenvalue weighted by atomic mass is 79.9. The van der Waals surface area contributed by atoms with Gasteiger partial charge in [0.2, 0.25) is 0 Å². The Hall–Kier alpha value is -0.380. The van der Waals surface area contributed by atoms with E-state index in [4.69, 9.17) is 23.2 Å². The SMILES string of the molecule is Fc1ccc2nc(Cl)cc(Cl)c2c1Br. The zero-order chi connectivity index (χ0) is 10.3. The Bertz CT molecular complexity index is 516. The van der Waals surface area contributed by atoms with E-state index in [-0.39, 0.29) is 5.82 Å². The lowest BCUT2D eigenvalue weighted by molar-refractivity contribution is 0.623. The van der Waals surface area contributed by atoms with Gasteiger partial charge in [0.25, 0.3) is 0 Å². The standard InChI is InChI=1S/C9H3BrCl2FN/c10-9-5(13)1-2-6-8(9)4(11)3-7(12)14-6/h1-3H. The number of aromatic nitrogens is 1. The molecular weight excluding hydrogens is 292 g/mol. The van der Waals surface area contributed by atoms with Gasteiger partial charge in [0.05, 0.1) is 15.0 Å². The molecule has 0 amide bonds. The van der Waals surface area contributed by atoms with Crippen LogP contribution in [0.3, 0.4) is 0 Å². The average molecular weight is 295 g/mol. The van der Waals surface area contributed by atoms with Crippen molar-refractivity contribution in [1.29, 1.82) is 0 Å². The Morgan fingerprint density at radius 1 is 1.29 bits per heavy atom. The van der Waals surface area contributed by atoms with Gasteiger partial charge in [-0.3, -0.25) is 0 Å². The second-order valence-corrected chi connectivity index (χ2v) is 4.27. The molecule has 72 valence electrons. The minimum absolute atomic E-state index is 0.293. The van der Waals surface area contributed by atoms with Crippen molar-refractivity contribution < 1.29 is 4.39 Å². The Kier molecular flexibility index (Phi) is 2.64. The molecule has 0 aliphatic rings. The van der Waals surface area contributed by atoms with E-state index in [1.165, 1.54) is 18.2 Å². The number of hydrogen-bond donors (Lipinski definition) is 0. The van der Waals surface area contributed by atoms with E-state index < -0.39 is 0 Å². The molecule has 2 aromatic rings. The fraction of sp³-hybridized carbons (Fsp3) is 0. The summed E-state index contributed by atoms with van der Waals surface area (Å²) in [4.78, 5) is 4.02. The summed E-state index contributed by atoms with van der Waals surface area (Å²) in [6.45, 7) is 0. The van der Waals surface area contributed by atoms with Crippen molar-refractivity contribution in [1.82, 2.24) is 4.98 Å². The van der Waals surface area contributed by atoms with E-state index in [9.17, 15) is 4.39 Å². The molecule has 1 aromatic heterocycles. The normalized spacial score (nSPS) is 10.9. The van der Waals surface area contributed by atoms with Crippen LogP contribution in [0, 0.1) is 5.82 Å². The third kappa shape index (κ3) is 1.60. The van der Waals surface area contributed by atoms with E-state index in [1.54, 1.807) is 0 Å². The molecule has 0 saturated heterocycles. The van der Waals surface area contributed by atoms with Gasteiger partial charge in [-0.25, -0.2) is 9.37 Å². The van der Waals surface area contributed by atoms with Gasteiger partial charge in [0.1, 0.15) is 11.0 Å². The minimum Gasteiger partial charge on any atom is -0.236 e. The maximum atomic E-state index is 13.2. The van der Waals surface area contributed by atoms with Crippen molar-refractivity contribution in [3.63, 3.8) is 0 Å². The highest BCUT2D eigenvalue weighted by Crippen LogP contribution is 2.32. The molecule has 0 saturated carbocycles. The molecule has 0 spiro atoms. The summed E-state index contributed by atoms with van der Waals surface area (Å²) in [5.41, 5.74) is 0.566. The van der Waals surface area contributed by atoms with Gasteiger partial charge in [-0.15, -0.1) is 0 Å². The molecule has 0 radical (unpaired) electrons. The monoisotopic (exact) mass is 293 g/mol. The van der Waals surface area contributed by atoms with Crippen LogP contribution >= 0.6 is 39.1 Å². The molecule has 0 atom stereocenters. The topological polar surface area (TPSA) is 12.9 Å². The number of hydrogen-bond acceptors (Lipinski definition) is 1. The summed E-state index contributed by atoms with van der Waals surface area (Å²) in [6.07, 6.45) is 0. The van der Waals surface area contributed by atoms with Gasteiger partial charge < -0.3 is 0 Å². The maximum Gasteiger partial charge on any atom is 0.138 e. The van der Waals surface area contributed by atoms with Crippen LogP contribution < -0.4 is 0 Å². The molecule has 1 aromatic carbocycles. The molecule has 0 fully saturated rings. The van der Waals surface area contributed by atoms with Crippen LogP contribution in [0.2, 0.25) is 10.2 Å². The highest BCUT2D eigenvalue weighted by molar-refractivity contribution is 9.10. The van der Waals surface area contributed by atoms with E-state index in [1.807, 2.05) is 0 Å². The number of nitrogens with zero attached hydrogens (tertiary/aromatic N) is 1. The minimum atomic E-state index is -0.372. The second kappa shape index (κ2) is 3.65. The summed E-state index contributed by atoms with van der Waals surface area (Å²) in [7, 11) is 0. The lowest BCUT2D eigenvalue weighted by Crippen LogP contribution is -1.85. The van der Waals surface area contributed by atoms with Crippen LogP contribution in [0.5, 0.6) is 0 Å². The molecule has 5 heteroatoms. The Labute approximate surface area is 98.0 Å². The molecule has 1 heterocycles. The van der Waals surface area contributed by atoms with Crippen molar-refractivity contribution in [2.75, 3.05) is 0 Å². The molecular formula is C9H3BrCl2FN. The summed E-state index contributed by atoms with van der Waals surface area (Å²) in [6, 6.07) is 4.33. The third-order valence-corrected chi connectivity index (χ3v) is 3.05. The molecule has 14 heavy (non-hydrogen) atoms. The van der Waals surface area contributed by atoms with Crippen molar-refractivity contribution in [3.8, 4) is 0 Å². The molecule has 0 unspecified atom stereocenters. The Morgan fingerprint density at radius 2 is 2.00 bits per heavy atom. The first kappa shape index (κ1) is 10.1. The quantitative estimate of drug-likeness (QED) is 0.655. The van der Waals surface area contributed by atoms with E-state index in [2.05, 4.69) is 20.9 Å². The summed E-state index contributed by atoms with van der Waals surface area (Å²) in [5.74, 6) is -0.372. The number of fused-ring (bicyclic) bond motifs is 1. The van der Waals surface area contributed by atoms with Crippen molar-refractivity contribution in [3.05, 3.63) is 38.7 Å². The van der Waals surface area contributed by atoms with Crippen LogP contribution in [0.15, 0.2) is 22.7 Å². The lowest BCUT2D eigenvalue weighted by atomic mass is 10.2. The number of halogens is 4. The summed E-state index contributed by atoms with van der Waals surface area (Å²) in [5, 5.41) is 1.21. The van der Waals surface area contributed by atoms with Crippen LogP contribution in [0.25, 0.3) is 10.9 Å². The molecule has 2 rings (SSSR count). The molecule has 0 bridgehead atoms. The predicted octanol–water partition coefficient (Wildman–Crippen LogP) is 4.44. The van der Waals surface area contributed by atoms with Gasteiger partial charge >= 0.3 is 0 Å². The highest BCUT2D eigenvalue weighted by Gasteiger charge is 2.10.